The molecule has 2 N–H and O–H groups in total. The molecule has 2 atom stereocenters. The quantitative estimate of drug-likeness (QED) is 0.220. The Balaban J connectivity index is 3.22. The van der Waals surface area contributed by atoms with Crippen LogP contribution in [0.3, 0.4) is 0 Å². The fraction of sp³-hybridized carbons (Fsp3) is 0.958. The van der Waals surface area contributed by atoms with Gasteiger partial charge < -0.3 is 15.2 Å². The Hall–Kier alpha value is -0.770. The summed E-state index contributed by atoms with van der Waals surface area (Å²) in [7, 11) is 0. The third kappa shape index (κ3) is 20.0. The first-order valence-electron chi connectivity index (χ1n) is 12.1. The van der Waals surface area contributed by atoms with Crippen molar-refractivity contribution in [3.8, 4) is 0 Å². The van der Waals surface area contributed by atoms with E-state index in [0.717, 1.165) is 12.3 Å². The Bertz CT molecular complexity index is 336. The van der Waals surface area contributed by atoms with Crippen molar-refractivity contribution in [1.29, 1.82) is 0 Å². The van der Waals surface area contributed by atoms with Crippen molar-refractivity contribution in [1.82, 2.24) is 5.32 Å². The van der Waals surface area contributed by atoms with E-state index in [9.17, 15) is 4.79 Å². The zero-order chi connectivity index (χ0) is 20.9. The molecule has 0 radical (unpaired) electrons. The minimum absolute atomic E-state index is 0.00435. The summed E-state index contributed by atoms with van der Waals surface area (Å²) in [5.74, 6) is 0.922. The Morgan fingerprint density at radius 3 is 1.82 bits per heavy atom. The topological polar surface area (TPSA) is 58.6 Å². The number of ether oxygens (including phenoxy) is 1. The van der Waals surface area contributed by atoms with Crippen molar-refractivity contribution in [2.45, 2.75) is 117 Å². The van der Waals surface area contributed by atoms with Crippen molar-refractivity contribution in [3.63, 3.8) is 0 Å². The molecule has 0 aliphatic rings. The van der Waals surface area contributed by atoms with Crippen LogP contribution in [-0.4, -0.2) is 31.0 Å². The van der Waals surface area contributed by atoms with Crippen LogP contribution in [0.4, 0.5) is 4.79 Å². The van der Waals surface area contributed by atoms with Crippen LogP contribution < -0.4 is 5.32 Å². The highest BCUT2D eigenvalue weighted by atomic mass is 16.5. The van der Waals surface area contributed by atoms with E-state index >= 15 is 0 Å². The van der Waals surface area contributed by atoms with Gasteiger partial charge in [-0.2, -0.15) is 0 Å². The molecule has 4 nitrogen and oxygen atoms in total. The maximum atomic E-state index is 11.4. The molecule has 0 spiro atoms. The highest BCUT2D eigenvalue weighted by molar-refractivity contribution is 5.66. The van der Waals surface area contributed by atoms with Crippen LogP contribution in [0.5, 0.6) is 0 Å². The van der Waals surface area contributed by atoms with E-state index in [1.165, 1.54) is 89.9 Å². The zero-order valence-electron chi connectivity index (χ0n) is 19.1. The van der Waals surface area contributed by atoms with Gasteiger partial charge in [-0.1, -0.05) is 111 Å². The molecule has 0 aromatic carbocycles. The lowest BCUT2D eigenvalue weighted by Gasteiger charge is -2.11. The van der Waals surface area contributed by atoms with Crippen LogP contribution in [0.1, 0.15) is 117 Å². The number of aliphatic hydroxyl groups excluding tert-OH is 1. The lowest BCUT2D eigenvalue weighted by molar-refractivity contribution is 0.110. The summed E-state index contributed by atoms with van der Waals surface area (Å²) in [5, 5.41) is 11.7. The van der Waals surface area contributed by atoms with Gasteiger partial charge in [0.2, 0.25) is 0 Å². The molecule has 0 rings (SSSR count). The third-order valence-corrected chi connectivity index (χ3v) is 5.50. The SMILES string of the molecule is CCCCCCC(C)CCCCCCCCCCCNC(=O)OCC(C)CO. The lowest BCUT2D eigenvalue weighted by Crippen LogP contribution is -2.27. The molecule has 28 heavy (non-hydrogen) atoms. The molecule has 1 amide bonds. The van der Waals surface area contributed by atoms with Gasteiger partial charge in [-0.25, -0.2) is 4.79 Å². The second kappa shape index (κ2) is 21.0. The molecule has 0 saturated heterocycles. The van der Waals surface area contributed by atoms with Crippen molar-refractivity contribution in [3.05, 3.63) is 0 Å². The van der Waals surface area contributed by atoms with E-state index in [1.54, 1.807) is 0 Å². The predicted octanol–water partition coefficient (Wildman–Crippen LogP) is 6.85. The number of rotatable bonds is 20. The maximum Gasteiger partial charge on any atom is 0.407 e. The van der Waals surface area contributed by atoms with Gasteiger partial charge >= 0.3 is 6.09 Å². The summed E-state index contributed by atoms with van der Waals surface area (Å²) < 4.78 is 5.02. The molecule has 0 aromatic rings. The number of carbonyl (C=O) groups is 1. The maximum absolute atomic E-state index is 11.4. The number of hydrogen-bond acceptors (Lipinski definition) is 3. The van der Waals surface area contributed by atoms with Gasteiger partial charge in [0.1, 0.15) is 0 Å². The number of hydrogen-bond donors (Lipinski definition) is 2. The molecule has 0 bridgehead atoms. The highest BCUT2D eigenvalue weighted by Crippen LogP contribution is 2.18. The molecule has 4 heteroatoms. The van der Waals surface area contributed by atoms with Crippen LogP contribution in [0.25, 0.3) is 0 Å². The monoisotopic (exact) mass is 399 g/mol. The summed E-state index contributed by atoms with van der Waals surface area (Å²) in [5.41, 5.74) is 0. The zero-order valence-corrected chi connectivity index (χ0v) is 19.1. The molecule has 0 aliphatic carbocycles. The number of aliphatic hydroxyl groups is 1. The van der Waals surface area contributed by atoms with E-state index in [-0.39, 0.29) is 25.2 Å². The second-order valence-electron chi connectivity index (χ2n) is 8.74. The minimum Gasteiger partial charge on any atom is -0.449 e. The van der Waals surface area contributed by atoms with Crippen molar-refractivity contribution >= 4 is 6.09 Å². The summed E-state index contributed by atoms with van der Waals surface area (Å²) >= 11 is 0. The van der Waals surface area contributed by atoms with Crippen LogP contribution in [0, 0.1) is 11.8 Å². The van der Waals surface area contributed by atoms with E-state index in [1.807, 2.05) is 6.92 Å². The number of alkyl carbamates (subject to hydrolysis) is 1. The van der Waals surface area contributed by atoms with Crippen molar-refractivity contribution < 1.29 is 14.6 Å². The van der Waals surface area contributed by atoms with Gasteiger partial charge in [-0.15, -0.1) is 0 Å². The van der Waals surface area contributed by atoms with Gasteiger partial charge in [-0.05, 0) is 12.3 Å². The van der Waals surface area contributed by atoms with Crippen LogP contribution in [-0.2, 0) is 4.74 Å². The number of unbranched alkanes of at least 4 members (excludes halogenated alkanes) is 11. The number of carbonyl (C=O) groups excluding carboxylic acids is 1. The van der Waals surface area contributed by atoms with E-state index in [0.29, 0.717) is 6.54 Å². The molecular weight excluding hydrogens is 350 g/mol. The van der Waals surface area contributed by atoms with Gasteiger partial charge in [-0.3, -0.25) is 0 Å². The Morgan fingerprint density at radius 2 is 1.29 bits per heavy atom. The Labute approximate surface area is 175 Å². The predicted molar refractivity (Wildman–Crippen MR) is 120 cm³/mol. The smallest absolute Gasteiger partial charge is 0.407 e. The van der Waals surface area contributed by atoms with E-state index in [4.69, 9.17) is 9.84 Å². The molecule has 0 aliphatic heterocycles. The Morgan fingerprint density at radius 1 is 0.786 bits per heavy atom. The number of amides is 1. The van der Waals surface area contributed by atoms with Crippen molar-refractivity contribution in [2.75, 3.05) is 19.8 Å². The van der Waals surface area contributed by atoms with Crippen LogP contribution in [0.15, 0.2) is 0 Å². The molecule has 168 valence electrons. The normalized spacial score (nSPS) is 13.3. The molecular formula is C24H49NO3. The lowest BCUT2D eigenvalue weighted by atomic mass is 9.96. The molecule has 0 fully saturated rings. The summed E-state index contributed by atoms with van der Waals surface area (Å²) in [6.07, 6.45) is 19.7. The average Bonchev–Trinajstić information content (AvgIpc) is 2.70. The fourth-order valence-electron chi connectivity index (χ4n) is 3.43. The first-order chi connectivity index (χ1) is 13.6. The van der Waals surface area contributed by atoms with E-state index in [2.05, 4.69) is 19.2 Å². The average molecular weight is 400 g/mol. The van der Waals surface area contributed by atoms with Gasteiger partial charge in [0.05, 0.1) is 6.61 Å². The fourth-order valence-corrected chi connectivity index (χ4v) is 3.43. The largest absolute Gasteiger partial charge is 0.449 e. The summed E-state index contributed by atoms with van der Waals surface area (Å²) in [6, 6.07) is 0. The molecule has 0 aromatic heterocycles. The second-order valence-corrected chi connectivity index (χ2v) is 8.74. The van der Waals surface area contributed by atoms with Gasteiger partial charge in [0.25, 0.3) is 0 Å². The number of nitrogens with one attached hydrogen (secondary N) is 1. The third-order valence-electron chi connectivity index (χ3n) is 5.50. The standard InChI is InChI=1S/C24H49NO3/c1-4-5-6-14-17-22(2)18-15-12-10-8-7-9-11-13-16-19-25-24(27)28-21-23(3)20-26/h22-23,26H,4-21H2,1-3H3,(H,25,27). The molecule has 0 heterocycles. The molecule has 0 saturated carbocycles. The molecule has 2 unspecified atom stereocenters. The van der Waals surface area contributed by atoms with Crippen LogP contribution in [0.2, 0.25) is 0 Å². The highest BCUT2D eigenvalue weighted by Gasteiger charge is 2.05. The Kier molecular flexibility index (Phi) is 20.4. The summed E-state index contributed by atoms with van der Waals surface area (Å²) in [4.78, 5) is 11.4. The van der Waals surface area contributed by atoms with Crippen molar-refractivity contribution in [2.24, 2.45) is 11.8 Å². The van der Waals surface area contributed by atoms with Crippen LogP contribution >= 0.6 is 0 Å². The first-order valence-corrected chi connectivity index (χ1v) is 12.1. The summed E-state index contributed by atoms with van der Waals surface area (Å²) in [6.45, 7) is 7.57. The van der Waals surface area contributed by atoms with Gasteiger partial charge in [0, 0.05) is 19.1 Å². The van der Waals surface area contributed by atoms with Gasteiger partial charge in [0.15, 0.2) is 0 Å². The van der Waals surface area contributed by atoms with E-state index < -0.39 is 0 Å². The minimum atomic E-state index is -0.365. The first kappa shape index (κ1) is 27.2.